The predicted molar refractivity (Wildman–Crippen MR) is 103 cm³/mol. The van der Waals surface area contributed by atoms with Crippen LogP contribution in [0.25, 0.3) is 5.52 Å². The molecule has 3 aromatic rings. The number of carbonyl (C=O) groups is 1. The molecule has 30 heavy (non-hydrogen) atoms. The number of benzene rings is 1. The number of hydrogen-bond donors (Lipinski definition) is 3. The van der Waals surface area contributed by atoms with Crippen LogP contribution in [0.4, 0.5) is 13.2 Å². The summed E-state index contributed by atoms with van der Waals surface area (Å²) in [7, 11) is 0. The number of aliphatic hydroxyl groups is 1. The molecule has 0 radical (unpaired) electrons. The third-order valence-electron chi connectivity index (χ3n) is 5.26. The number of fused-ring (bicyclic) bond motifs is 1. The lowest BCUT2D eigenvalue weighted by molar-refractivity contribution is -0.522. The number of H-pyrrole nitrogens is 1. The average Bonchev–Trinajstić information content (AvgIpc) is 3.30. The quantitative estimate of drug-likeness (QED) is 0.556. The van der Waals surface area contributed by atoms with Gasteiger partial charge in [-0.05, 0) is 24.1 Å². The van der Waals surface area contributed by atoms with Gasteiger partial charge in [-0.1, -0.05) is 36.4 Å². The van der Waals surface area contributed by atoms with E-state index >= 15 is 0 Å². The second kappa shape index (κ2) is 8.08. The third-order valence-corrected chi connectivity index (χ3v) is 5.26. The van der Waals surface area contributed by atoms with Crippen LogP contribution in [-0.2, 0) is 6.54 Å². The Bertz CT molecular complexity index is 1040. The lowest BCUT2D eigenvalue weighted by atomic mass is 10.1. The number of nitrogens with one attached hydrogen (secondary N) is 2. The molecule has 1 amide bonds. The molecule has 2 atom stereocenters. The van der Waals surface area contributed by atoms with Crippen LogP contribution in [-0.4, -0.2) is 46.3 Å². The lowest BCUT2D eigenvalue weighted by Crippen LogP contribution is -2.38. The molecule has 1 aromatic carbocycles. The number of nitrogens with zero attached hydrogens (tertiary/aromatic N) is 2. The molecule has 0 saturated carbocycles. The zero-order valence-corrected chi connectivity index (χ0v) is 16.1. The Morgan fingerprint density at radius 1 is 1.23 bits per heavy atom. The summed E-state index contributed by atoms with van der Waals surface area (Å²) in [6.07, 6.45) is -2.61. The maximum atomic E-state index is 13.6. The monoisotopic (exact) mass is 419 g/mol. The first-order chi connectivity index (χ1) is 14.3. The summed E-state index contributed by atoms with van der Waals surface area (Å²) in [4.78, 5) is 17.9. The highest BCUT2D eigenvalue weighted by atomic mass is 19.4. The topological polar surface area (TPSA) is 72.5 Å². The van der Waals surface area contributed by atoms with E-state index in [0.29, 0.717) is 37.4 Å². The van der Waals surface area contributed by atoms with Crippen LogP contribution in [0.3, 0.4) is 0 Å². The summed E-state index contributed by atoms with van der Waals surface area (Å²) in [6.45, 7) is 1.66. The first-order valence-corrected chi connectivity index (χ1v) is 9.67. The van der Waals surface area contributed by atoms with Crippen LogP contribution < -0.4 is 9.72 Å². The maximum Gasteiger partial charge on any atom is 0.412 e. The minimum absolute atomic E-state index is 0.0341. The van der Waals surface area contributed by atoms with Crippen molar-refractivity contribution in [2.24, 2.45) is 0 Å². The van der Waals surface area contributed by atoms with E-state index in [9.17, 15) is 23.1 Å². The smallest absolute Gasteiger partial charge is 0.392 e. The fourth-order valence-corrected chi connectivity index (χ4v) is 3.81. The number of β-amino-alcohol motifs (C(OH)–C–C–N with tert-alkyl or cyclic N) is 1. The number of likely N-dealkylation sites (tertiary alicyclic amines) is 1. The van der Waals surface area contributed by atoms with Gasteiger partial charge in [-0.15, -0.1) is 0 Å². The number of aromatic amines is 1. The van der Waals surface area contributed by atoms with Crippen molar-refractivity contribution in [1.82, 2.24) is 15.2 Å². The summed E-state index contributed by atoms with van der Waals surface area (Å²) >= 11 is 0. The van der Waals surface area contributed by atoms with Crippen molar-refractivity contribution in [1.29, 1.82) is 0 Å². The number of hydrogen-bond acceptors (Lipinski definition) is 3. The number of rotatable bonds is 5. The number of alkyl halides is 3. The predicted octanol–water partition coefficient (Wildman–Crippen LogP) is 2.35. The van der Waals surface area contributed by atoms with Crippen molar-refractivity contribution in [3.05, 3.63) is 71.8 Å². The summed E-state index contributed by atoms with van der Waals surface area (Å²) < 4.78 is 42.7. The van der Waals surface area contributed by atoms with Gasteiger partial charge in [0.2, 0.25) is 5.69 Å². The van der Waals surface area contributed by atoms with Gasteiger partial charge in [0, 0.05) is 13.1 Å². The number of carbonyl (C=O) groups excluding carboxylic acids is 1. The van der Waals surface area contributed by atoms with Crippen LogP contribution in [0.15, 0.2) is 54.7 Å². The first-order valence-electron chi connectivity index (χ1n) is 9.67. The molecular weight excluding hydrogens is 397 g/mol. The van der Waals surface area contributed by atoms with Crippen LogP contribution >= 0.6 is 0 Å². The SMILES string of the molecule is O=C(NC(c1ccccc1)C(F)(F)F)c1[nH]c(CN2CCC(O)C2)[n+]2ccccc12. The molecule has 9 heteroatoms. The Kier molecular flexibility index (Phi) is 5.48. The highest BCUT2D eigenvalue weighted by Gasteiger charge is 2.43. The summed E-state index contributed by atoms with van der Waals surface area (Å²) in [6, 6.07) is 10.4. The number of pyridine rings is 1. The Hall–Kier alpha value is -2.91. The number of amides is 1. The van der Waals surface area contributed by atoms with Gasteiger partial charge in [-0.3, -0.25) is 9.69 Å². The van der Waals surface area contributed by atoms with Crippen molar-refractivity contribution in [3.8, 4) is 0 Å². The zero-order chi connectivity index (χ0) is 21.3. The maximum absolute atomic E-state index is 13.6. The fourth-order valence-electron chi connectivity index (χ4n) is 3.81. The minimum Gasteiger partial charge on any atom is -0.392 e. The molecule has 1 aliphatic heterocycles. The molecule has 2 aromatic heterocycles. The Labute approximate surface area is 171 Å². The molecule has 1 saturated heterocycles. The van der Waals surface area contributed by atoms with Gasteiger partial charge in [0.05, 0.1) is 12.3 Å². The van der Waals surface area contributed by atoms with Crippen LogP contribution in [0, 0.1) is 0 Å². The Morgan fingerprint density at radius 2 is 1.97 bits per heavy atom. The van der Waals surface area contributed by atoms with E-state index in [1.165, 1.54) is 24.3 Å². The summed E-state index contributed by atoms with van der Waals surface area (Å²) in [5.74, 6) is -0.175. The number of halogens is 3. The second-order valence-electron chi connectivity index (χ2n) is 7.44. The number of aliphatic hydroxyl groups excluding tert-OH is 1. The summed E-state index contributed by atoms with van der Waals surface area (Å²) in [5.41, 5.74) is 0.516. The Balaban J connectivity index is 1.64. The number of imidazole rings is 1. The van der Waals surface area contributed by atoms with Gasteiger partial charge >= 0.3 is 6.18 Å². The second-order valence-corrected chi connectivity index (χ2v) is 7.44. The molecule has 0 bridgehead atoms. The largest absolute Gasteiger partial charge is 0.412 e. The van der Waals surface area contributed by atoms with Gasteiger partial charge in [0.1, 0.15) is 6.54 Å². The van der Waals surface area contributed by atoms with Crippen molar-refractivity contribution in [2.75, 3.05) is 13.1 Å². The first kappa shape index (κ1) is 20.4. The van der Waals surface area contributed by atoms with Crippen molar-refractivity contribution in [3.63, 3.8) is 0 Å². The lowest BCUT2D eigenvalue weighted by Gasteiger charge is -2.21. The molecule has 158 valence electrons. The van der Waals surface area contributed by atoms with Gasteiger partial charge in [0.15, 0.2) is 11.6 Å². The zero-order valence-electron chi connectivity index (χ0n) is 16.1. The van der Waals surface area contributed by atoms with E-state index in [4.69, 9.17) is 0 Å². The van der Waals surface area contributed by atoms with Crippen LogP contribution in [0.5, 0.6) is 0 Å². The molecule has 4 rings (SSSR count). The molecular formula is C21H22F3N4O2+. The highest BCUT2D eigenvalue weighted by Crippen LogP contribution is 2.32. The van der Waals surface area contributed by atoms with Gasteiger partial charge in [0.25, 0.3) is 11.7 Å². The van der Waals surface area contributed by atoms with Crippen molar-refractivity contribution in [2.45, 2.75) is 31.3 Å². The third kappa shape index (κ3) is 4.17. The normalized spacial score (nSPS) is 18.6. The molecule has 1 aliphatic rings. The summed E-state index contributed by atoms with van der Waals surface area (Å²) in [5, 5.41) is 11.9. The van der Waals surface area contributed by atoms with E-state index in [1.54, 1.807) is 34.9 Å². The van der Waals surface area contributed by atoms with Crippen LogP contribution in [0.2, 0.25) is 0 Å². The molecule has 2 unspecified atom stereocenters. The van der Waals surface area contributed by atoms with E-state index < -0.39 is 24.2 Å². The minimum atomic E-state index is -4.64. The van der Waals surface area contributed by atoms with Gasteiger partial charge in [-0.2, -0.15) is 17.6 Å². The van der Waals surface area contributed by atoms with Crippen molar-refractivity contribution < 1.29 is 27.5 Å². The molecule has 3 N–H and O–H groups in total. The van der Waals surface area contributed by atoms with E-state index in [0.717, 1.165) is 0 Å². The highest BCUT2D eigenvalue weighted by molar-refractivity contribution is 5.98. The van der Waals surface area contributed by atoms with E-state index in [-0.39, 0.29) is 11.3 Å². The fraction of sp³-hybridized carbons (Fsp3) is 0.333. The molecule has 0 spiro atoms. The van der Waals surface area contributed by atoms with Gasteiger partial charge in [-0.25, -0.2) is 4.98 Å². The molecule has 3 heterocycles. The Morgan fingerprint density at radius 3 is 2.63 bits per heavy atom. The average molecular weight is 419 g/mol. The van der Waals surface area contributed by atoms with E-state index in [1.807, 2.05) is 4.90 Å². The van der Waals surface area contributed by atoms with Crippen LogP contribution in [0.1, 0.15) is 34.3 Å². The molecule has 6 nitrogen and oxygen atoms in total. The molecule has 0 aliphatic carbocycles. The standard InChI is InChI=1S/C21H21F3N4O2/c22-21(23,24)19(14-6-2-1-3-7-14)26-20(30)18-16-8-4-5-10-28(16)17(25-18)13-27-11-9-15(29)12-27/h1-8,10,15,19,29H,9,11-13H2,(H,26,30)/p+1. The van der Waals surface area contributed by atoms with E-state index in [2.05, 4.69) is 10.3 Å². The number of aromatic nitrogens is 2. The molecule has 1 fully saturated rings. The van der Waals surface area contributed by atoms with Crippen molar-refractivity contribution >= 4 is 11.4 Å². The van der Waals surface area contributed by atoms with Gasteiger partial charge < -0.3 is 10.4 Å².